The highest BCUT2D eigenvalue weighted by Crippen LogP contribution is 2.35. The first-order valence-electron chi connectivity index (χ1n) is 8.02. The number of hydrogen-bond acceptors (Lipinski definition) is 6. The Labute approximate surface area is 141 Å². The van der Waals surface area contributed by atoms with Crippen LogP contribution in [0.5, 0.6) is 0 Å². The molecule has 23 heavy (non-hydrogen) atoms. The third-order valence-electron chi connectivity index (χ3n) is 4.97. The second-order valence-electron chi connectivity index (χ2n) is 6.32. The molecule has 5 nitrogen and oxygen atoms in total. The van der Waals surface area contributed by atoms with Gasteiger partial charge >= 0.3 is 0 Å². The molecule has 0 aromatic carbocycles. The molecule has 6 heteroatoms. The number of thioether (sulfide) groups is 1. The zero-order chi connectivity index (χ0) is 15.8. The van der Waals surface area contributed by atoms with E-state index in [1.54, 1.807) is 11.8 Å². The normalized spacial score (nSPS) is 23.7. The average Bonchev–Trinajstić information content (AvgIpc) is 2.61. The molecule has 2 unspecified atom stereocenters. The SMILES string of the molecule is CSc1nccc(N2CC3CC(C2)N3Cc2cnccc2C)n1. The Kier molecular flexibility index (Phi) is 3.95. The maximum atomic E-state index is 4.64. The highest BCUT2D eigenvalue weighted by Gasteiger charge is 2.44. The van der Waals surface area contributed by atoms with Gasteiger partial charge in [-0.25, -0.2) is 9.97 Å². The first kappa shape index (κ1) is 14.9. The summed E-state index contributed by atoms with van der Waals surface area (Å²) in [6.45, 7) is 5.30. The minimum Gasteiger partial charge on any atom is -0.353 e. The van der Waals surface area contributed by atoms with Crippen molar-refractivity contribution >= 4 is 17.6 Å². The van der Waals surface area contributed by atoms with E-state index < -0.39 is 0 Å². The maximum Gasteiger partial charge on any atom is 0.189 e. The third kappa shape index (κ3) is 2.81. The number of anilines is 1. The van der Waals surface area contributed by atoms with Gasteiger partial charge in [-0.05, 0) is 42.9 Å². The summed E-state index contributed by atoms with van der Waals surface area (Å²) in [7, 11) is 0. The summed E-state index contributed by atoms with van der Waals surface area (Å²) in [5.74, 6) is 1.07. The summed E-state index contributed by atoms with van der Waals surface area (Å²) >= 11 is 1.60. The zero-order valence-electron chi connectivity index (χ0n) is 13.5. The first-order valence-corrected chi connectivity index (χ1v) is 9.24. The standard InChI is InChI=1S/C17H21N5S/c1-12-3-5-18-8-13(12)9-22-14-7-15(22)11-21(10-14)16-4-6-19-17(20-16)23-2/h3-6,8,14-15H,7,9-11H2,1-2H3. The van der Waals surface area contributed by atoms with E-state index in [0.717, 1.165) is 30.6 Å². The third-order valence-corrected chi connectivity index (χ3v) is 5.53. The molecule has 3 aliphatic heterocycles. The molecule has 5 heterocycles. The van der Waals surface area contributed by atoms with Gasteiger partial charge in [0.2, 0.25) is 0 Å². The van der Waals surface area contributed by atoms with E-state index in [-0.39, 0.29) is 0 Å². The van der Waals surface area contributed by atoms with Crippen LogP contribution in [0.1, 0.15) is 17.5 Å². The van der Waals surface area contributed by atoms with Crippen LogP contribution in [-0.4, -0.2) is 51.3 Å². The van der Waals surface area contributed by atoms with Crippen molar-refractivity contribution in [3.63, 3.8) is 0 Å². The van der Waals surface area contributed by atoms with Crippen LogP contribution in [0.2, 0.25) is 0 Å². The smallest absolute Gasteiger partial charge is 0.189 e. The van der Waals surface area contributed by atoms with Crippen molar-refractivity contribution in [2.24, 2.45) is 0 Å². The lowest BCUT2D eigenvalue weighted by Gasteiger charge is -2.56. The fraction of sp³-hybridized carbons (Fsp3) is 0.471. The van der Waals surface area contributed by atoms with Crippen molar-refractivity contribution in [3.05, 3.63) is 41.9 Å². The molecule has 5 rings (SSSR count). The molecule has 2 aromatic rings. The average molecular weight is 327 g/mol. The molecule has 3 saturated heterocycles. The van der Waals surface area contributed by atoms with E-state index in [2.05, 4.69) is 37.7 Å². The predicted octanol–water partition coefficient (Wildman–Crippen LogP) is 2.37. The Balaban J connectivity index is 1.45. The molecular weight excluding hydrogens is 306 g/mol. The molecule has 2 bridgehead atoms. The minimum atomic E-state index is 0.626. The van der Waals surface area contributed by atoms with Gasteiger partial charge in [-0.15, -0.1) is 0 Å². The highest BCUT2D eigenvalue weighted by molar-refractivity contribution is 7.98. The number of rotatable bonds is 4. The summed E-state index contributed by atoms with van der Waals surface area (Å²) in [6.07, 6.45) is 9.07. The van der Waals surface area contributed by atoms with E-state index in [9.17, 15) is 0 Å². The van der Waals surface area contributed by atoms with E-state index in [1.807, 2.05) is 30.9 Å². The molecule has 3 fully saturated rings. The van der Waals surface area contributed by atoms with Gasteiger partial charge in [0.05, 0.1) is 0 Å². The molecular formula is C17H21N5S. The van der Waals surface area contributed by atoms with Gasteiger partial charge in [-0.1, -0.05) is 11.8 Å². The second kappa shape index (κ2) is 6.09. The monoisotopic (exact) mass is 327 g/mol. The van der Waals surface area contributed by atoms with Gasteiger partial charge in [-0.2, -0.15) is 0 Å². The molecule has 2 aromatic heterocycles. The number of aryl methyl sites for hydroxylation is 1. The Morgan fingerprint density at radius 3 is 2.78 bits per heavy atom. The lowest BCUT2D eigenvalue weighted by atomic mass is 9.86. The van der Waals surface area contributed by atoms with E-state index >= 15 is 0 Å². The highest BCUT2D eigenvalue weighted by atomic mass is 32.2. The van der Waals surface area contributed by atoms with Crippen LogP contribution in [0.25, 0.3) is 0 Å². The van der Waals surface area contributed by atoms with Crippen molar-refractivity contribution in [2.75, 3.05) is 24.2 Å². The molecule has 0 saturated carbocycles. The Morgan fingerprint density at radius 1 is 1.22 bits per heavy atom. The van der Waals surface area contributed by atoms with Crippen molar-refractivity contribution in [1.29, 1.82) is 0 Å². The fourth-order valence-corrected chi connectivity index (χ4v) is 3.95. The van der Waals surface area contributed by atoms with Gasteiger partial charge in [0.15, 0.2) is 5.16 Å². The van der Waals surface area contributed by atoms with Crippen molar-refractivity contribution in [1.82, 2.24) is 19.9 Å². The Bertz CT molecular complexity index is 695. The number of pyridine rings is 1. The molecule has 3 aliphatic rings. The van der Waals surface area contributed by atoms with Crippen LogP contribution in [0.15, 0.2) is 35.9 Å². The van der Waals surface area contributed by atoms with Crippen molar-refractivity contribution < 1.29 is 0 Å². The minimum absolute atomic E-state index is 0.626. The predicted molar refractivity (Wildman–Crippen MR) is 92.7 cm³/mol. The van der Waals surface area contributed by atoms with Gasteiger partial charge in [0.1, 0.15) is 5.82 Å². The first-order chi connectivity index (χ1) is 11.2. The molecule has 2 atom stereocenters. The van der Waals surface area contributed by atoms with Crippen LogP contribution >= 0.6 is 11.8 Å². The molecule has 0 radical (unpaired) electrons. The van der Waals surface area contributed by atoms with E-state index in [1.165, 1.54) is 17.5 Å². The van der Waals surface area contributed by atoms with Crippen LogP contribution in [0.4, 0.5) is 5.82 Å². The number of fused-ring (bicyclic) bond motifs is 2. The van der Waals surface area contributed by atoms with Gasteiger partial charge in [0.25, 0.3) is 0 Å². The summed E-state index contributed by atoms with van der Waals surface area (Å²) in [5.41, 5.74) is 2.68. The molecule has 0 aliphatic carbocycles. The Morgan fingerprint density at radius 2 is 2.04 bits per heavy atom. The number of nitrogens with zero attached hydrogens (tertiary/aromatic N) is 5. The van der Waals surface area contributed by atoms with Gasteiger partial charge in [0, 0.05) is 50.3 Å². The fourth-order valence-electron chi connectivity index (χ4n) is 3.60. The topological polar surface area (TPSA) is 45.2 Å². The number of piperidine rings is 1. The van der Waals surface area contributed by atoms with Gasteiger partial charge in [-0.3, -0.25) is 9.88 Å². The van der Waals surface area contributed by atoms with E-state index in [4.69, 9.17) is 0 Å². The van der Waals surface area contributed by atoms with E-state index in [0.29, 0.717) is 12.1 Å². The Hall–Kier alpha value is -1.66. The second-order valence-corrected chi connectivity index (χ2v) is 7.10. The van der Waals surface area contributed by atoms with Crippen LogP contribution in [0, 0.1) is 6.92 Å². The molecule has 120 valence electrons. The van der Waals surface area contributed by atoms with Crippen molar-refractivity contribution in [3.8, 4) is 0 Å². The van der Waals surface area contributed by atoms with Crippen LogP contribution in [0.3, 0.4) is 0 Å². The largest absolute Gasteiger partial charge is 0.353 e. The lowest BCUT2D eigenvalue weighted by Crippen LogP contribution is -2.68. The maximum absolute atomic E-state index is 4.64. The summed E-state index contributed by atoms with van der Waals surface area (Å²) in [6, 6.07) is 5.38. The van der Waals surface area contributed by atoms with Crippen molar-refractivity contribution in [2.45, 2.75) is 37.1 Å². The summed E-state index contributed by atoms with van der Waals surface area (Å²) in [5, 5.41) is 0.851. The number of piperazine rings is 1. The lowest BCUT2D eigenvalue weighted by molar-refractivity contribution is -0.00893. The number of hydrogen-bond donors (Lipinski definition) is 0. The molecule has 0 amide bonds. The van der Waals surface area contributed by atoms with Crippen LogP contribution < -0.4 is 4.90 Å². The molecule has 0 spiro atoms. The summed E-state index contributed by atoms with van der Waals surface area (Å²) < 4.78 is 0. The summed E-state index contributed by atoms with van der Waals surface area (Å²) in [4.78, 5) is 18.2. The van der Waals surface area contributed by atoms with Gasteiger partial charge < -0.3 is 4.90 Å². The zero-order valence-corrected chi connectivity index (χ0v) is 14.3. The number of aromatic nitrogens is 3. The molecule has 0 N–H and O–H groups in total. The van der Waals surface area contributed by atoms with Crippen LogP contribution in [-0.2, 0) is 6.54 Å². The quantitative estimate of drug-likeness (QED) is 0.634.